The molecule has 0 aliphatic carbocycles. The standard InChI is InChI=1S/C16H23N3O2S/c1-16(2,3)13-8-6-12(7-9-13)14(18-22(5,20)21)15-17-10-11-19(15)4/h6-11,14,18H,1-5H3. The molecule has 5 nitrogen and oxygen atoms in total. The van der Waals surface area contributed by atoms with E-state index < -0.39 is 16.1 Å². The molecule has 0 aliphatic rings. The highest BCUT2D eigenvalue weighted by Crippen LogP contribution is 2.26. The van der Waals surface area contributed by atoms with Crippen LogP contribution in [0.15, 0.2) is 36.7 Å². The van der Waals surface area contributed by atoms with E-state index in [9.17, 15) is 8.42 Å². The van der Waals surface area contributed by atoms with E-state index in [1.165, 1.54) is 5.56 Å². The van der Waals surface area contributed by atoms with Crippen molar-refractivity contribution in [3.05, 3.63) is 53.6 Å². The van der Waals surface area contributed by atoms with Crippen molar-refractivity contribution < 1.29 is 8.42 Å². The molecule has 2 aromatic rings. The monoisotopic (exact) mass is 321 g/mol. The minimum absolute atomic E-state index is 0.0571. The number of rotatable bonds is 4. The Labute approximate surface area is 132 Å². The second-order valence-corrected chi connectivity index (χ2v) is 8.37. The summed E-state index contributed by atoms with van der Waals surface area (Å²) < 4.78 is 27.9. The Morgan fingerprint density at radius 2 is 1.77 bits per heavy atom. The molecule has 1 atom stereocenters. The first-order chi connectivity index (χ1) is 10.1. The zero-order chi connectivity index (χ0) is 16.5. The molecule has 1 heterocycles. The number of hydrogen-bond donors (Lipinski definition) is 1. The van der Waals surface area contributed by atoms with Crippen molar-refractivity contribution in [3.63, 3.8) is 0 Å². The van der Waals surface area contributed by atoms with Crippen molar-refractivity contribution >= 4 is 10.0 Å². The van der Waals surface area contributed by atoms with E-state index in [0.29, 0.717) is 5.82 Å². The van der Waals surface area contributed by atoms with E-state index in [1.54, 1.807) is 12.4 Å². The number of hydrogen-bond acceptors (Lipinski definition) is 3. The van der Waals surface area contributed by atoms with Gasteiger partial charge in [0.2, 0.25) is 10.0 Å². The summed E-state index contributed by atoms with van der Waals surface area (Å²) in [7, 11) is -1.51. The number of sulfonamides is 1. The van der Waals surface area contributed by atoms with Crippen LogP contribution in [0.1, 0.15) is 43.8 Å². The molecule has 120 valence electrons. The van der Waals surface area contributed by atoms with Gasteiger partial charge in [-0.25, -0.2) is 18.1 Å². The van der Waals surface area contributed by atoms with Crippen LogP contribution in [-0.2, 0) is 22.5 Å². The molecule has 0 fully saturated rings. The number of benzene rings is 1. The lowest BCUT2D eigenvalue weighted by atomic mass is 9.86. The first-order valence-electron chi connectivity index (χ1n) is 7.13. The molecule has 1 aromatic heterocycles. The zero-order valence-corrected chi connectivity index (χ0v) is 14.5. The largest absolute Gasteiger partial charge is 0.336 e. The second-order valence-electron chi connectivity index (χ2n) is 6.59. The molecule has 2 rings (SSSR count). The van der Waals surface area contributed by atoms with Gasteiger partial charge in [0.15, 0.2) is 0 Å². The summed E-state index contributed by atoms with van der Waals surface area (Å²) in [5.74, 6) is 0.661. The number of aryl methyl sites for hydroxylation is 1. The Bertz CT molecular complexity index is 740. The summed E-state index contributed by atoms with van der Waals surface area (Å²) >= 11 is 0. The molecular formula is C16H23N3O2S. The van der Waals surface area contributed by atoms with Gasteiger partial charge in [-0.2, -0.15) is 0 Å². The molecule has 1 unspecified atom stereocenters. The van der Waals surface area contributed by atoms with Gasteiger partial charge >= 0.3 is 0 Å². The van der Waals surface area contributed by atoms with Gasteiger partial charge in [-0.1, -0.05) is 45.0 Å². The minimum atomic E-state index is -3.36. The normalized spacial score (nSPS) is 14.0. The molecule has 0 amide bonds. The molecule has 0 radical (unpaired) electrons. The highest BCUT2D eigenvalue weighted by atomic mass is 32.2. The lowest BCUT2D eigenvalue weighted by Gasteiger charge is -2.22. The average Bonchev–Trinajstić information content (AvgIpc) is 2.80. The van der Waals surface area contributed by atoms with Crippen molar-refractivity contribution in [2.24, 2.45) is 7.05 Å². The summed E-state index contributed by atoms with van der Waals surface area (Å²) in [5.41, 5.74) is 2.13. The molecule has 0 bridgehead atoms. The Morgan fingerprint density at radius 1 is 1.18 bits per heavy atom. The smallest absolute Gasteiger partial charge is 0.209 e. The van der Waals surface area contributed by atoms with E-state index in [1.807, 2.05) is 35.9 Å². The van der Waals surface area contributed by atoms with E-state index in [0.717, 1.165) is 11.8 Å². The van der Waals surface area contributed by atoms with Crippen LogP contribution in [0.25, 0.3) is 0 Å². The van der Waals surface area contributed by atoms with Crippen LogP contribution < -0.4 is 4.72 Å². The van der Waals surface area contributed by atoms with E-state index in [2.05, 4.69) is 30.5 Å². The summed E-state index contributed by atoms with van der Waals surface area (Å²) in [6.45, 7) is 6.44. The predicted molar refractivity (Wildman–Crippen MR) is 88.2 cm³/mol. The highest BCUT2D eigenvalue weighted by Gasteiger charge is 2.22. The maximum atomic E-state index is 11.7. The number of nitrogens with zero attached hydrogens (tertiary/aromatic N) is 2. The fourth-order valence-corrected chi connectivity index (χ4v) is 2.98. The number of aromatic nitrogens is 2. The van der Waals surface area contributed by atoms with Gasteiger partial charge in [0.1, 0.15) is 11.9 Å². The van der Waals surface area contributed by atoms with E-state index in [4.69, 9.17) is 0 Å². The molecular weight excluding hydrogens is 298 g/mol. The fourth-order valence-electron chi connectivity index (χ4n) is 2.31. The summed E-state index contributed by atoms with van der Waals surface area (Å²) in [5, 5.41) is 0. The van der Waals surface area contributed by atoms with Gasteiger partial charge in [0.05, 0.1) is 6.26 Å². The van der Waals surface area contributed by atoms with Gasteiger partial charge in [-0.15, -0.1) is 0 Å². The average molecular weight is 321 g/mol. The molecule has 0 saturated heterocycles. The highest BCUT2D eigenvalue weighted by molar-refractivity contribution is 7.88. The Morgan fingerprint density at radius 3 is 2.18 bits per heavy atom. The van der Waals surface area contributed by atoms with Crippen molar-refractivity contribution in [1.29, 1.82) is 0 Å². The summed E-state index contributed by atoms with van der Waals surface area (Å²) in [4.78, 5) is 4.28. The maximum Gasteiger partial charge on any atom is 0.209 e. The van der Waals surface area contributed by atoms with Crippen molar-refractivity contribution in [2.75, 3.05) is 6.26 Å². The van der Waals surface area contributed by atoms with Crippen LogP contribution in [-0.4, -0.2) is 24.2 Å². The van der Waals surface area contributed by atoms with Crippen LogP contribution in [0.5, 0.6) is 0 Å². The van der Waals surface area contributed by atoms with Crippen LogP contribution in [0.4, 0.5) is 0 Å². The Hall–Kier alpha value is -1.66. The second kappa shape index (κ2) is 5.85. The lowest BCUT2D eigenvalue weighted by Crippen LogP contribution is -2.30. The number of nitrogens with one attached hydrogen (secondary N) is 1. The van der Waals surface area contributed by atoms with Gasteiger partial charge in [0, 0.05) is 19.4 Å². The maximum absolute atomic E-state index is 11.7. The third-order valence-electron chi connectivity index (χ3n) is 3.56. The van der Waals surface area contributed by atoms with Gasteiger partial charge < -0.3 is 4.57 Å². The minimum Gasteiger partial charge on any atom is -0.336 e. The first kappa shape index (κ1) is 16.7. The third kappa shape index (κ3) is 3.96. The SMILES string of the molecule is Cn1ccnc1C(NS(C)(=O)=O)c1ccc(C(C)(C)C)cc1. The quantitative estimate of drug-likeness (QED) is 0.940. The third-order valence-corrected chi connectivity index (χ3v) is 4.22. The topological polar surface area (TPSA) is 64.0 Å². The van der Waals surface area contributed by atoms with Crippen molar-refractivity contribution in [2.45, 2.75) is 32.2 Å². The van der Waals surface area contributed by atoms with Crippen LogP contribution in [0, 0.1) is 0 Å². The van der Waals surface area contributed by atoms with Gasteiger partial charge in [-0.3, -0.25) is 0 Å². The summed E-state index contributed by atoms with van der Waals surface area (Å²) in [6, 6.07) is 7.49. The van der Waals surface area contributed by atoms with E-state index >= 15 is 0 Å². The number of imidazole rings is 1. The molecule has 1 N–H and O–H groups in total. The molecule has 0 saturated carbocycles. The molecule has 6 heteroatoms. The lowest BCUT2D eigenvalue weighted by molar-refractivity contribution is 0.567. The van der Waals surface area contributed by atoms with Crippen LogP contribution >= 0.6 is 0 Å². The first-order valence-corrected chi connectivity index (χ1v) is 9.02. The van der Waals surface area contributed by atoms with Crippen molar-refractivity contribution in [1.82, 2.24) is 14.3 Å². The summed E-state index contributed by atoms with van der Waals surface area (Å²) in [6.07, 6.45) is 4.62. The Balaban J connectivity index is 2.44. The molecule has 0 aliphatic heterocycles. The van der Waals surface area contributed by atoms with E-state index in [-0.39, 0.29) is 5.41 Å². The molecule has 0 spiro atoms. The van der Waals surface area contributed by atoms with Crippen LogP contribution in [0.3, 0.4) is 0 Å². The van der Waals surface area contributed by atoms with Crippen LogP contribution in [0.2, 0.25) is 0 Å². The Kier molecular flexibility index (Phi) is 4.44. The molecule has 22 heavy (non-hydrogen) atoms. The predicted octanol–water partition coefficient (Wildman–Crippen LogP) is 2.36. The van der Waals surface area contributed by atoms with Gasteiger partial charge in [0.25, 0.3) is 0 Å². The van der Waals surface area contributed by atoms with Crippen molar-refractivity contribution in [3.8, 4) is 0 Å². The fraction of sp³-hybridized carbons (Fsp3) is 0.438. The zero-order valence-electron chi connectivity index (χ0n) is 13.7. The molecule has 1 aromatic carbocycles. The van der Waals surface area contributed by atoms with Gasteiger partial charge in [-0.05, 0) is 16.5 Å².